The first-order chi connectivity index (χ1) is 10.7. The van der Waals surface area contributed by atoms with E-state index in [1.807, 2.05) is 32.0 Å². The van der Waals surface area contributed by atoms with Crippen molar-refractivity contribution < 1.29 is 13.3 Å². The van der Waals surface area contributed by atoms with Gasteiger partial charge in [-0.25, -0.2) is 13.6 Å². The lowest BCUT2D eigenvalue weighted by Gasteiger charge is -2.11. The van der Waals surface area contributed by atoms with Crippen LogP contribution in [0, 0.1) is 10.1 Å². The number of nitrogens with zero attached hydrogens (tertiary/aromatic N) is 1. The molecule has 2 rings (SSSR count). The lowest BCUT2D eigenvalue weighted by atomic mass is 10.0. The Balaban J connectivity index is 2.44. The Morgan fingerprint density at radius 2 is 1.87 bits per heavy atom. The van der Waals surface area contributed by atoms with Crippen LogP contribution in [0.3, 0.4) is 0 Å². The largest absolute Gasteiger partial charge is 0.350 e. The zero-order chi connectivity index (χ0) is 17.2. The summed E-state index contributed by atoms with van der Waals surface area (Å²) in [5.74, 6) is 0.316. The van der Waals surface area contributed by atoms with Gasteiger partial charge in [0.1, 0.15) is 5.69 Å². The molecule has 2 aromatic carbocycles. The molecule has 2 aromatic rings. The fourth-order valence-electron chi connectivity index (χ4n) is 2.08. The number of hydrogen-bond donors (Lipinski definition) is 2. The first-order valence-corrected chi connectivity index (χ1v) is 8.41. The van der Waals surface area contributed by atoms with E-state index in [9.17, 15) is 18.5 Å². The van der Waals surface area contributed by atoms with E-state index in [-0.39, 0.29) is 16.3 Å². The third kappa shape index (κ3) is 4.05. The monoisotopic (exact) mass is 335 g/mol. The van der Waals surface area contributed by atoms with Gasteiger partial charge >= 0.3 is 0 Å². The van der Waals surface area contributed by atoms with Gasteiger partial charge in [0.05, 0.1) is 9.82 Å². The molecular weight excluding hydrogens is 318 g/mol. The molecule has 0 fully saturated rings. The molecule has 0 aliphatic carbocycles. The summed E-state index contributed by atoms with van der Waals surface area (Å²) in [5.41, 5.74) is 1.61. The maximum absolute atomic E-state index is 11.3. The molecular formula is C15H17N3O4S. The molecule has 0 saturated heterocycles. The molecule has 0 aliphatic heterocycles. The summed E-state index contributed by atoms with van der Waals surface area (Å²) in [7, 11) is -4.00. The van der Waals surface area contributed by atoms with Crippen LogP contribution in [0.25, 0.3) is 0 Å². The third-order valence-corrected chi connectivity index (χ3v) is 4.24. The molecule has 0 spiro atoms. The molecule has 23 heavy (non-hydrogen) atoms. The first kappa shape index (κ1) is 16.9. The first-order valence-electron chi connectivity index (χ1n) is 6.86. The van der Waals surface area contributed by atoms with E-state index in [1.54, 1.807) is 6.07 Å². The fourth-order valence-corrected chi connectivity index (χ4v) is 2.61. The van der Waals surface area contributed by atoms with Crippen LogP contribution in [-0.2, 0) is 10.0 Å². The molecule has 122 valence electrons. The molecule has 7 nitrogen and oxygen atoms in total. The number of benzene rings is 2. The number of hydrogen-bond acceptors (Lipinski definition) is 5. The van der Waals surface area contributed by atoms with Crippen molar-refractivity contribution in [2.75, 3.05) is 5.32 Å². The van der Waals surface area contributed by atoms with Gasteiger partial charge in [0, 0.05) is 11.8 Å². The number of nitrogens with one attached hydrogen (secondary N) is 1. The van der Waals surface area contributed by atoms with Crippen molar-refractivity contribution in [2.24, 2.45) is 5.14 Å². The summed E-state index contributed by atoms with van der Waals surface area (Å²) in [6, 6.07) is 11.0. The quantitative estimate of drug-likeness (QED) is 0.643. The number of nitro groups is 1. The smallest absolute Gasteiger partial charge is 0.294 e. The van der Waals surface area contributed by atoms with Gasteiger partial charge in [-0.2, -0.15) is 0 Å². The molecule has 0 unspecified atom stereocenters. The third-order valence-electron chi connectivity index (χ3n) is 3.33. The van der Waals surface area contributed by atoms with Crippen molar-refractivity contribution in [1.82, 2.24) is 0 Å². The van der Waals surface area contributed by atoms with E-state index < -0.39 is 14.9 Å². The average molecular weight is 335 g/mol. The van der Waals surface area contributed by atoms with E-state index in [1.165, 1.54) is 12.1 Å². The highest BCUT2D eigenvalue weighted by atomic mass is 32.2. The minimum atomic E-state index is -4.00. The Hall–Kier alpha value is -2.45. The predicted molar refractivity (Wildman–Crippen MR) is 88.3 cm³/mol. The van der Waals surface area contributed by atoms with Gasteiger partial charge < -0.3 is 5.32 Å². The normalized spacial score (nSPS) is 11.5. The van der Waals surface area contributed by atoms with E-state index in [0.29, 0.717) is 11.6 Å². The van der Waals surface area contributed by atoms with Crippen LogP contribution in [0.2, 0.25) is 0 Å². The number of rotatable bonds is 5. The van der Waals surface area contributed by atoms with Crippen LogP contribution >= 0.6 is 0 Å². The maximum Gasteiger partial charge on any atom is 0.294 e. The maximum atomic E-state index is 11.3. The van der Waals surface area contributed by atoms with Crippen LogP contribution in [0.1, 0.15) is 25.3 Å². The topological polar surface area (TPSA) is 115 Å². The van der Waals surface area contributed by atoms with Gasteiger partial charge in [0.2, 0.25) is 10.0 Å². The lowest BCUT2D eigenvalue weighted by Crippen LogP contribution is -2.12. The highest BCUT2D eigenvalue weighted by Gasteiger charge is 2.19. The molecule has 8 heteroatoms. The molecule has 0 aromatic heterocycles. The van der Waals surface area contributed by atoms with Crippen LogP contribution in [0.5, 0.6) is 0 Å². The number of nitro benzene ring substituents is 1. The second kappa shape index (κ2) is 6.35. The Labute approximate surface area is 134 Å². The number of primary sulfonamides is 1. The highest BCUT2D eigenvalue weighted by molar-refractivity contribution is 7.89. The van der Waals surface area contributed by atoms with Crippen LogP contribution in [0.4, 0.5) is 17.1 Å². The average Bonchev–Trinajstić information content (AvgIpc) is 2.46. The van der Waals surface area contributed by atoms with Crippen molar-refractivity contribution in [3.05, 3.63) is 58.1 Å². The molecule has 0 atom stereocenters. The second-order valence-corrected chi connectivity index (χ2v) is 6.95. The highest BCUT2D eigenvalue weighted by Crippen LogP contribution is 2.30. The lowest BCUT2D eigenvalue weighted by molar-refractivity contribution is -0.384. The summed E-state index contributed by atoms with van der Waals surface area (Å²) in [4.78, 5) is 10.2. The van der Waals surface area contributed by atoms with Gasteiger partial charge in [0.25, 0.3) is 5.69 Å². The van der Waals surface area contributed by atoms with Crippen molar-refractivity contribution in [3.63, 3.8) is 0 Å². The zero-order valence-electron chi connectivity index (χ0n) is 12.7. The standard InChI is InChI=1S/C15H17N3O4S/c1-10(2)11-4-3-5-12(8-11)17-14-7-6-13(23(16,21)22)9-15(14)18(19)20/h3-10,17H,1-2H3,(H2,16,21,22). The molecule has 0 radical (unpaired) electrons. The summed E-state index contributed by atoms with van der Waals surface area (Å²) in [6.07, 6.45) is 0. The van der Waals surface area contributed by atoms with Crippen molar-refractivity contribution >= 4 is 27.1 Å². The molecule has 0 saturated carbocycles. The van der Waals surface area contributed by atoms with Gasteiger partial charge in [-0.05, 0) is 35.7 Å². The summed E-state index contributed by atoms with van der Waals surface area (Å²) in [5, 5.41) is 19.2. The summed E-state index contributed by atoms with van der Waals surface area (Å²) in [6.45, 7) is 4.09. The minimum absolute atomic E-state index is 0.198. The van der Waals surface area contributed by atoms with E-state index >= 15 is 0 Å². The van der Waals surface area contributed by atoms with Gasteiger partial charge in [-0.3, -0.25) is 10.1 Å². The van der Waals surface area contributed by atoms with Gasteiger partial charge in [-0.15, -0.1) is 0 Å². The zero-order valence-corrected chi connectivity index (χ0v) is 13.5. The Bertz CT molecular complexity index is 848. The summed E-state index contributed by atoms with van der Waals surface area (Å²) >= 11 is 0. The van der Waals surface area contributed by atoms with Crippen LogP contribution in [-0.4, -0.2) is 13.3 Å². The Morgan fingerprint density at radius 3 is 2.43 bits per heavy atom. The van der Waals surface area contributed by atoms with E-state index in [2.05, 4.69) is 5.32 Å². The second-order valence-electron chi connectivity index (χ2n) is 5.39. The molecule has 3 N–H and O–H groups in total. The van der Waals surface area contributed by atoms with Crippen molar-refractivity contribution in [1.29, 1.82) is 0 Å². The van der Waals surface area contributed by atoms with Gasteiger partial charge in [-0.1, -0.05) is 26.0 Å². The van der Waals surface area contributed by atoms with E-state index in [0.717, 1.165) is 11.6 Å². The minimum Gasteiger partial charge on any atom is -0.350 e. The molecule has 0 aliphatic rings. The van der Waals surface area contributed by atoms with E-state index in [4.69, 9.17) is 5.14 Å². The van der Waals surface area contributed by atoms with Crippen LogP contribution in [0.15, 0.2) is 47.4 Å². The molecule has 0 heterocycles. The molecule has 0 bridgehead atoms. The van der Waals surface area contributed by atoms with Crippen LogP contribution < -0.4 is 10.5 Å². The fraction of sp³-hybridized carbons (Fsp3) is 0.200. The summed E-state index contributed by atoms with van der Waals surface area (Å²) < 4.78 is 22.7. The number of anilines is 2. The van der Waals surface area contributed by atoms with Gasteiger partial charge in [0.15, 0.2) is 0 Å². The van der Waals surface area contributed by atoms with Crippen molar-refractivity contribution in [2.45, 2.75) is 24.7 Å². The number of sulfonamides is 1. The number of nitrogens with two attached hydrogens (primary N) is 1. The predicted octanol–water partition coefficient (Wildman–Crippen LogP) is 3.11. The Morgan fingerprint density at radius 1 is 1.17 bits per heavy atom. The SMILES string of the molecule is CC(C)c1cccc(Nc2ccc(S(N)(=O)=O)cc2[N+](=O)[O-])c1. The van der Waals surface area contributed by atoms with Crippen molar-refractivity contribution in [3.8, 4) is 0 Å². The molecule has 0 amide bonds. The Kier molecular flexibility index (Phi) is 4.67.